The fourth-order valence-corrected chi connectivity index (χ4v) is 4.21. The summed E-state index contributed by atoms with van der Waals surface area (Å²) in [5.41, 5.74) is 1.22. The van der Waals surface area contributed by atoms with E-state index in [9.17, 15) is 0 Å². The molecule has 2 aromatic rings. The molecule has 2 aliphatic rings. The third kappa shape index (κ3) is 2.74. The van der Waals surface area contributed by atoms with E-state index in [1.807, 2.05) is 0 Å². The van der Waals surface area contributed by atoms with E-state index in [-0.39, 0.29) is 0 Å². The van der Waals surface area contributed by atoms with Crippen LogP contribution in [0.25, 0.3) is 4.96 Å². The van der Waals surface area contributed by atoms with E-state index in [0.29, 0.717) is 18.0 Å². The zero-order valence-electron chi connectivity index (χ0n) is 12.8. The molecule has 3 heterocycles. The van der Waals surface area contributed by atoms with Crippen molar-refractivity contribution in [3.05, 3.63) is 23.5 Å². The van der Waals surface area contributed by atoms with Crippen LogP contribution in [0.1, 0.15) is 32.4 Å². The molecule has 0 aromatic carbocycles. The fraction of sp³-hybridized carbons (Fsp3) is 0.688. The van der Waals surface area contributed by atoms with E-state index < -0.39 is 0 Å². The van der Waals surface area contributed by atoms with Crippen LogP contribution in [-0.2, 0) is 6.54 Å². The van der Waals surface area contributed by atoms with Crippen LogP contribution in [0, 0.1) is 11.8 Å². The lowest BCUT2D eigenvalue weighted by Gasteiger charge is -2.42. The molecule has 1 saturated heterocycles. The van der Waals surface area contributed by atoms with E-state index in [4.69, 9.17) is 4.98 Å². The van der Waals surface area contributed by atoms with Crippen molar-refractivity contribution in [3.8, 4) is 0 Å². The van der Waals surface area contributed by atoms with Crippen LogP contribution in [0.5, 0.6) is 0 Å². The summed E-state index contributed by atoms with van der Waals surface area (Å²) in [7, 11) is 0. The van der Waals surface area contributed by atoms with Gasteiger partial charge in [0.05, 0.1) is 5.69 Å². The van der Waals surface area contributed by atoms with Gasteiger partial charge in [-0.15, -0.1) is 11.3 Å². The van der Waals surface area contributed by atoms with Gasteiger partial charge >= 0.3 is 0 Å². The lowest BCUT2D eigenvalue weighted by molar-refractivity contribution is 0.0916. The third-order valence-corrected chi connectivity index (χ3v) is 5.74. The number of rotatable bonds is 4. The molecule has 1 aliphatic heterocycles. The van der Waals surface area contributed by atoms with Gasteiger partial charge in [-0.2, -0.15) is 0 Å². The van der Waals surface area contributed by atoms with E-state index in [0.717, 1.165) is 30.5 Å². The molecular formula is C16H24N4S. The predicted octanol–water partition coefficient (Wildman–Crippen LogP) is 2.60. The van der Waals surface area contributed by atoms with E-state index in [1.165, 1.54) is 18.5 Å². The first-order valence-corrected chi connectivity index (χ1v) is 8.97. The minimum absolute atomic E-state index is 0.615. The summed E-state index contributed by atoms with van der Waals surface area (Å²) in [6, 6.07) is 1.32. The highest BCUT2D eigenvalue weighted by atomic mass is 32.1. The lowest BCUT2D eigenvalue weighted by atomic mass is 9.97. The SMILES string of the molecule is CC(C)C1CN(Cc2cn3ccsc3n2)C(C2CC2)CN1. The summed E-state index contributed by atoms with van der Waals surface area (Å²) in [4.78, 5) is 8.57. The van der Waals surface area contributed by atoms with Crippen molar-refractivity contribution >= 4 is 16.3 Å². The average molecular weight is 304 g/mol. The van der Waals surface area contributed by atoms with Gasteiger partial charge in [0.2, 0.25) is 0 Å². The number of nitrogens with zero attached hydrogens (tertiary/aromatic N) is 3. The molecule has 1 N–H and O–H groups in total. The smallest absolute Gasteiger partial charge is 0.193 e. The molecule has 1 aliphatic carbocycles. The Morgan fingerprint density at radius 3 is 3.00 bits per heavy atom. The molecule has 2 aromatic heterocycles. The zero-order chi connectivity index (χ0) is 14.4. The molecule has 2 unspecified atom stereocenters. The van der Waals surface area contributed by atoms with Crippen LogP contribution in [0.4, 0.5) is 0 Å². The molecule has 0 amide bonds. The van der Waals surface area contributed by atoms with E-state index >= 15 is 0 Å². The van der Waals surface area contributed by atoms with Gasteiger partial charge in [0, 0.05) is 49.5 Å². The van der Waals surface area contributed by atoms with Gasteiger partial charge in [-0.1, -0.05) is 13.8 Å². The summed E-state index contributed by atoms with van der Waals surface area (Å²) >= 11 is 1.72. The zero-order valence-corrected chi connectivity index (χ0v) is 13.6. The predicted molar refractivity (Wildman–Crippen MR) is 86.6 cm³/mol. The summed E-state index contributed by atoms with van der Waals surface area (Å²) < 4.78 is 2.15. The van der Waals surface area contributed by atoms with Crippen LogP contribution in [0.15, 0.2) is 17.8 Å². The maximum absolute atomic E-state index is 4.77. The number of hydrogen-bond donors (Lipinski definition) is 1. The van der Waals surface area contributed by atoms with Gasteiger partial charge in [-0.25, -0.2) is 4.98 Å². The molecule has 2 atom stereocenters. The number of piperazine rings is 1. The van der Waals surface area contributed by atoms with Gasteiger partial charge in [-0.3, -0.25) is 9.30 Å². The number of aromatic nitrogens is 2. The second-order valence-electron chi connectivity index (χ2n) is 6.92. The van der Waals surface area contributed by atoms with Crippen molar-refractivity contribution in [2.24, 2.45) is 11.8 Å². The van der Waals surface area contributed by atoms with E-state index in [1.54, 1.807) is 11.3 Å². The topological polar surface area (TPSA) is 32.6 Å². The van der Waals surface area contributed by atoms with Crippen LogP contribution in [0.2, 0.25) is 0 Å². The highest BCUT2D eigenvalue weighted by Crippen LogP contribution is 2.37. The molecule has 114 valence electrons. The third-order valence-electron chi connectivity index (χ3n) is 4.97. The first-order chi connectivity index (χ1) is 10.2. The molecule has 4 rings (SSSR count). The Balaban J connectivity index is 1.52. The molecule has 0 spiro atoms. The van der Waals surface area contributed by atoms with Gasteiger partial charge in [-0.05, 0) is 24.7 Å². The second-order valence-corrected chi connectivity index (χ2v) is 7.79. The summed E-state index contributed by atoms with van der Waals surface area (Å²) in [5.74, 6) is 1.60. The van der Waals surface area contributed by atoms with E-state index in [2.05, 4.69) is 46.2 Å². The summed E-state index contributed by atoms with van der Waals surface area (Å²) in [6.07, 6.45) is 7.12. The Labute approximate surface area is 130 Å². The molecule has 2 fully saturated rings. The Bertz CT molecular complexity index is 584. The minimum atomic E-state index is 0.615. The lowest BCUT2D eigenvalue weighted by Crippen LogP contribution is -2.58. The van der Waals surface area contributed by atoms with Gasteiger partial charge < -0.3 is 5.32 Å². The molecular weight excluding hydrogens is 280 g/mol. The van der Waals surface area contributed by atoms with Crippen molar-refractivity contribution in [3.63, 3.8) is 0 Å². The monoisotopic (exact) mass is 304 g/mol. The van der Waals surface area contributed by atoms with Crippen LogP contribution >= 0.6 is 11.3 Å². The Morgan fingerprint density at radius 1 is 1.43 bits per heavy atom. The quantitative estimate of drug-likeness (QED) is 0.942. The van der Waals surface area contributed by atoms with Crippen molar-refractivity contribution in [1.82, 2.24) is 19.6 Å². The highest BCUT2D eigenvalue weighted by molar-refractivity contribution is 7.15. The van der Waals surface area contributed by atoms with Crippen molar-refractivity contribution < 1.29 is 0 Å². The average Bonchev–Trinajstić information content (AvgIpc) is 3.09. The largest absolute Gasteiger partial charge is 0.311 e. The highest BCUT2D eigenvalue weighted by Gasteiger charge is 2.39. The molecule has 0 bridgehead atoms. The summed E-state index contributed by atoms with van der Waals surface area (Å²) in [5, 5.41) is 5.86. The molecule has 0 radical (unpaired) electrons. The number of nitrogens with one attached hydrogen (secondary N) is 1. The molecule has 4 nitrogen and oxygen atoms in total. The van der Waals surface area contributed by atoms with Crippen molar-refractivity contribution in [2.75, 3.05) is 13.1 Å². The first kappa shape index (κ1) is 13.7. The first-order valence-electron chi connectivity index (χ1n) is 8.09. The second kappa shape index (κ2) is 5.38. The minimum Gasteiger partial charge on any atom is -0.311 e. The maximum Gasteiger partial charge on any atom is 0.193 e. The van der Waals surface area contributed by atoms with Crippen molar-refractivity contribution in [1.29, 1.82) is 0 Å². The number of thiazole rings is 1. The summed E-state index contributed by atoms with van der Waals surface area (Å²) in [6.45, 7) is 7.94. The standard InChI is InChI=1S/C16H24N4S/c1-11(2)14-10-20(15(7-17-14)12-3-4-12)9-13-8-19-5-6-21-16(19)18-13/h5-6,8,11-12,14-15,17H,3-4,7,9-10H2,1-2H3. The Hall–Kier alpha value is -0.910. The number of imidazole rings is 1. The Kier molecular flexibility index (Phi) is 3.52. The van der Waals surface area contributed by atoms with Gasteiger partial charge in [0.15, 0.2) is 4.96 Å². The molecule has 5 heteroatoms. The molecule has 21 heavy (non-hydrogen) atoms. The number of hydrogen-bond acceptors (Lipinski definition) is 4. The number of fused-ring (bicyclic) bond motifs is 1. The fourth-order valence-electron chi connectivity index (χ4n) is 3.49. The van der Waals surface area contributed by atoms with Crippen molar-refractivity contribution in [2.45, 2.75) is 45.3 Å². The normalized spacial score (nSPS) is 27.8. The van der Waals surface area contributed by atoms with Gasteiger partial charge in [0.25, 0.3) is 0 Å². The maximum atomic E-state index is 4.77. The molecule has 1 saturated carbocycles. The van der Waals surface area contributed by atoms with Crippen LogP contribution in [0.3, 0.4) is 0 Å². The van der Waals surface area contributed by atoms with Gasteiger partial charge in [0.1, 0.15) is 0 Å². The Morgan fingerprint density at radius 2 is 2.29 bits per heavy atom. The van der Waals surface area contributed by atoms with Crippen LogP contribution in [-0.4, -0.2) is 39.5 Å². The van der Waals surface area contributed by atoms with Crippen LogP contribution < -0.4 is 5.32 Å².